The maximum atomic E-state index is 5.02. The third-order valence-electron chi connectivity index (χ3n) is 2.57. The van der Waals surface area contributed by atoms with E-state index in [0.29, 0.717) is 18.1 Å². The molecule has 3 rings (SSSR count). The molecule has 0 unspecified atom stereocenters. The summed E-state index contributed by atoms with van der Waals surface area (Å²) >= 11 is 0. The summed E-state index contributed by atoms with van der Waals surface area (Å²) in [6, 6.07) is 1.90. The van der Waals surface area contributed by atoms with Crippen LogP contribution in [-0.4, -0.2) is 27.2 Å². The molecule has 0 fully saturated rings. The number of aromatic amines is 1. The SMILES string of the molecule is CNc1nc(NCc2ccoc2)c2cn[nH]c2n1. The maximum absolute atomic E-state index is 5.02. The van der Waals surface area contributed by atoms with Gasteiger partial charge in [-0.1, -0.05) is 0 Å². The van der Waals surface area contributed by atoms with E-state index in [1.165, 1.54) is 0 Å². The molecule has 0 aliphatic heterocycles. The van der Waals surface area contributed by atoms with Crippen LogP contribution in [0.15, 0.2) is 29.2 Å². The molecule has 3 heterocycles. The number of nitrogens with zero attached hydrogens (tertiary/aromatic N) is 3. The highest BCUT2D eigenvalue weighted by Crippen LogP contribution is 2.20. The number of rotatable bonds is 4. The molecule has 0 saturated carbocycles. The normalized spacial score (nSPS) is 10.7. The van der Waals surface area contributed by atoms with Gasteiger partial charge in [0.1, 0.15) is 5.82 Å². The van der Waals surface area contributed by atoms with Crippen LogP contribution in [0.25, 0.3) is 11.0 Å². The molecule has 7 heteroatoms. The Morgan fingerprint density at radius 2 is 2.33 bits per heavy atom. The highest BCUT2D eigenvalue weighted by Gasteiger charge is 2.08. The quantitative estimate of drug-likeness (QED) is 0.645. The molecule has 3 aromatic rings. The summed E-state index contributed by atoms with van der Waals surface area (Å²) in [7, 11) is 1.78. The fraction of sp³-hybridized carbons (Fsp3) is 0.182. The van der Waals surface area contributed by atoms with Gasteiger partial charge in [0.2, 0.25) is 5.95 Å². The van der Waals surface area contributed by atoms with Crippen molar-refractivity contribution in [2.45, 2.75) is 6.54 Å². The Hall–Kier alpha value is -2.57. The third-order valence-corrected chi connectivity index (χ3v) is 2.57. The van der Waals surface area contributed by atoms with Crippen molar-refractivity contribution in [1.82, 2.24) is 20.2 Å². The second kappa shape index (κ2) is 4.36. The Labute approximate surface area is 103 Å². The van der Waals surface area contributed by atoms with E-state index in [1.54, 1.807) is 25.8 Å². The second-order valence-corrected chi connectivity index (χ2v) is 3.76. The number of hydrogen-bond acceptors (Lipinski definition) is 6. The van der Waals surface area contributed by atoms with Crippen molar-refractivity contribution < 1.29 is 4.42 Å². The summed E-state index contributed by atoms with van der Waals surface area (Å²) in [5, 5.41) is 13.8. The topological polar surface area (TPSA) is 91.7 Å². The zero-order valence-electron chi connectivity index (χ0n) is 9.77. The van der Waals surface area contributed by atoms with Crippen LogP contribution >= 0.6 is 0 Å². The van der Waals surface area contributed by atoms with Crippen LogP contribution in [0.2, 0.25) is 0 Å². The Morgan fingerprint density at radius 3 is 3.11 bits per heavy atom. The molecule has 0 amide bonds. The highest BCUT2D eigenvalue weighted by molar-refractivity contribution is 5.86. The molecule has 0 spiro atoms. The molecular formula is C11H12N6O. The van der Waals surface area contributed by atoms with Gasteiger partial charge in [0, 0.05) is 19.2 Å². The van der Waals surface area contributed by atoms with Crippen molar-refractivity contribution in [1.29, 1.82) is 0 Å². The highest BCUT2D eigenvalue weighted by atomic mass is 16.3. The Morgan fingerprint density at radius 1 is 1.39 bits per heavy atom. The molecule has 18 heavy (non-hydrogen) atoms. The fourth-order valence-corrected chi connectivity index (χ4v) is 1.66. The molecule has 3 aromatic heterocycles. The Balaban J connectivity index is 1.92. The summed E-state index contributed by atoms with van der Waals surface area (Å²) < 4.78 is 5.02. The first kappa shape index (κ1) is 10.6. The van der Waals surface area contributed by atoms with Crippen molar-refractivity contribution in [3.63, 3.8) is 0 Å². The number of H-pyrrole nitrogens is 1. The average Bonchev–Trinajstić information content (AvgIpc) is 3.06. The van der Waals surface area contributed by atoms with Gasteiger partial charge < -0.3 is 15.1 Å². The Kier molecular flexibility index (Phi) is 2.56. The summed E-state index contributed by atoms with van der Waals surface area (Å²) in [4.78, 5) is 8.63. The van der Waals surface area contributed by atoms with E-state index < -0.39 is 0 Å². The predicted octanol–water partition coefficient (Wildman–Crippen LogP) is 1.60. The first-order valence-corrected chi connectivity index (χ1v) is 5.50. The van der Waals surface area contributed by atoms with E-state index in [2.05, 4.69) is 30.8 Å². The van der Waals surface area contributed by atoms with E-state index in [4.69, 9.17) is 4.42 Å². The van der Waals surface area contributed by atoms with Gasteiger partial charge >= 0.3 is 0 Å². The summed E-state index contributed by atoms with van der Waals surface area (Å²) in [6.07, 6.45) is 5.04. The fourth-order valence-electron chi connectivity index (χ4n) is 1.66. The van der Waals surface area contributed by atoms with Crippen LogP contribution in [0, 0.1) is 0 Å². The molecule has 92 valence electrons. The van der Waals surface area contributed by atoms with Crippen molar-refractivity contribution in [3.8, 4) is 0 Å². The van der Waals surface area contributed by atoms with Crippen LogP contribution in [0.5, 0.6) is 0 Å². The lowest BCUT2D eigenvalue weighted by Crippen LogP contribution is -2.04. The number of nitrogens with one attached hydrogen (secondary N) is 3. The van der Waals surface area contributed by atoms with Crippen molar-refractivity contribution in [2.75, 3.05) is 17.7 Å². The largest absolute Gasteiger partial charge is 0.472 e. The van der Waals surface area contributed by atoms with Gasteiger partial charge in [-0.15, -0.1) is 0 Å². The lowest BCUT2D eigenvalue weighted by Gasteiger charge is -2.06. The number of furan rings is 1. The molecule has 0 bridgehead atoms. The maximum Gasteiger partial charge on any atom is 0.226 e. The smallest absolute Gasteiger partial charge is 0.226 e. The van der Waals surface area contributed by atoms with Gasteiger partial charge in [0.05, 0.1) is 24.1 Å². The van der Waals surface area contributed by atoms with Gasteiger partial charge in [-0.2, -0.15) is 15.1 Å². The lowest BCUT2D eigenvalue weighted by molar-refractivity contribution is 0.564. The minimum atomic E-state index is 0.543. The van der Waals surface area contributed by atoms with Crippen molar-refractivity contribution >= 4 is 22.8 Å². The predicted molar refractivity (Wildman–Crippen MR) is 67.3 cm³/mol. The van der Waals surface area contributed by atoms with Crippen LogP contribution in [0.1, 0.15) is 5.56 Å². The van der Waals surface area contributed by atoms with Gasteiger partial charge in [0.25, 0.3) is 0 Å². The number of hydrogen-bond donors (Lipinski definition) is 3. The van der Waals surface area contributed by atoms with Crippen LogP contribution in [0.3, 0.4) is 0 Å². The third kappa shape index (κ3) is 1.86. The first-order chi connectivity index (χ1) is 8.86. The standard InChI is InChI=1S/C11H12N6O/c1-12-11-15-9(8-5-14-17-10(8)16-11)13-4-7-2-3-18-6-7/h2-3,5-6H,4H2,1H3,(H3,12,13,14,15,16,17). The number of aromatic nitrogens is 4. The van der Waals surface area contributed by atoms with Gasteiger partial charge in [-0.3, -0.25) is 5.10 Å². The molecule has 0 aliphatic carbocycles. The first-order valence-electron chi connectivity index (χ1n) is 5.50. The number of fused-ring (bicyclic) bond motifs is 1. The molecule has 0 radical (unpaired) electrons. The Bertz CT molecular complexity index is 645. The molecule has 7 nitrogen and oxygen atoms in total. The van der Waals surface area contributed by atoms with Gasteiger partial charge in [-0.25, -0.2) is 0 Å². The molecule has 0 aromatic carbocycles. The molecule has 0 atom stereocenters. The minimum absolute atomic E-state index is 0.543. The van der Waals surface area contributed by atoms with E-state index in [0.717, 1.165) is 16.8 Å². The van der Waals surface area contributed by atoms with Crippen LogP contribution < -0.4 is 10.6 Å². The summed E-state index contributed by atoms with van der Waals surface area (Å²) in [6.45, 7) is 0.636. The van der Waals surface area contributed by atoms with E-state index in [9.17, 15) is 0 Å². The van der Waals surface area contributed by atoms with Gasteiger partial charge in [-0.05, 0) is 6.07 Å². The van der Waals surface area contributed by atoms with Crippen molar-refractivity contribution in [2.24, 2.45) is 0 Å². The average molecular weight is 244 g/mol. The van der Waals surface area contributed by atoms with E-state index in [-0.39, 0.29) is 0 Å². The lowest BCUT2D eigenvalue weighted by atomic mass is 10.3. The molecule has 3 N–H and O–H groups in total. The van der Waals surface area contributed by atoms with E-state index in [1.807, 2.05) is 6.07 Å². The van der Waals surface area contributed by atoms with E-state index >= 15 is 0 Å². The number of anilines is 2. The monoisotopic (exact) mass is 244 g/mol. The molecule has 0 aliphatic rings. The van der Waals surface area contributed by atoms with Crippen LogP contribution in [-0.2, 0) is 6.54 Å². The zero-order chi connectivity index (χ0) is 12.4. The minimum Gasteiger partial charge on any atom is -0.472 e. The second-order valence-electron chi connectivity index (χ2n) is 3.76. The molecule has 0 saturated heterocycles. The van der Waals surface area contributed by atoms with Crippen molar-refractivity contribution in [3.05, 3.63) is 30.4 Å². The van der Waals surface area contributed by atoms with Crippen LogP contribution in [0.4, 0.5) is 11.8 Å². The summed E-state index contributed by atoms with van der Waals surface area (Å²) in [5.41, 5.74) is 1.75. The molecular weight excluding hydrogens is 232 g/mol. The van der Waals surface area contributed by atoms with Gasteiger partial charge in [0.15, 0.2) is 5.65 Å². The zero-order valence-corrected chi connectivity index (χ0v) is 9.77. The summed E-state index contributed by atoms with van der Waals surface area (Å²) in [5.74, 6) is 1.28.